The Morgan fingerprint density at radius 1 is 1.00 bits per heavy atom. The maximum atomic E-state index is 12.4. The molecule has 0 radical (unpaired) electrons. The number of ether oxygens (including phenoxy) is 2. The summed E-state index contributed by atoms with van der Waals surface area (Å²) in [5.41, 5.74) is 1.75. The number of rotatable bonds is 6. The number of thioether (sulfide) groups is 1. The van der Waals surface area contributed by atoms with E-state index in [4.69, 9.17) is 9.47 Å². The minimum Gasteiger partial charge on any atom is -0.497 e. The van der Waals surface area contributed by atoms with Gasteiger partial charge in [-0.1, -0.05) is 30.3 Å². The van der Waals surface area contributed by atoms with Gasteiger partial charge >= 0.3 is 0 Å². The Kier molecular flexibility index (Phi) is 5.85. The zero-order valence-electron chi connectivity index (χ0n) is 16.5. The van der Waals surface area contributed by atoms with Crippen LogP contribution >= 0.6 is 11.8 Å². The van der Waals surface area contributed by atoms with E-state index in [0.717, 1.165) is 42.0 Å². The van der Waals surface area contributed by atoms with E-state index in [1.54, 1.807) is 14.2 Å². The van der Waals surface area contributed by atoms with Crippen molar-refractivity contribution >= 4 is 17.5 Å². The van der Waals surface area contributed by atoms with Gasteiger partial charge in [0.05, 0.1) is 30.7 Å². The second kappa shape index (κ2) is 8.69. The van der Waals surface area contributed by atoms with Gasteiger partial charge in [-0.05, 0) is 49.2 Å². The number of methoxy groups -OCH3 is 2. The van der Waals surface area contributed by atoms with Crippen LogP contribution in [-0.2, 0) is 4.79 Å². The van der Waals surface area contributed by atoms with Crippen LogP contribution < -0.4 is 9.47 Å². The molecule has 0 N–H and O–H groups in total. The number of aromatic nitrogens is 3. The molecule has 0 unspecified atom stereocenters. The van der Waals surface area contributed by atoms with Crippen LogP contribution in [0, 0.1) is 0 Å². The molecule has 7 heteroatoms. The quantitative estimate of drug-likeness (QED) is 0.595. The van der Waals surface area contributed by atoms with Crippen LogP contribution in [0.4, 0.5) is 0 Å². The first-order valence-electron chi connectivity index (χ1n) is 9.64. The first-order chi connectivity index (χ1) is 14.2. The van der Waals surface area contributed by atoms with Gasteiger partial charge in [0.2, 0.25) is 0 Å². The topological polar surface area (TPSA) is 66.2 Å². The summed E-state index contributed by atoms with van der Waals surface area (Å²) in [4.78, 5) is 12.4. The lowest BCUT2D eigenvalue weighted by atomic mass is 9.99. The van der Waals surface area contributed by atoms with E-state index in [9.17, 15) is 4.79 Å². The second-order valence-corrected chi connectivity index (χ2v) is 8.03. The maximum absolute atomic E-state index is 12.4. The largest absolute Gasteiger partial charge is 0.497 e. The summed E-state index contributed by atoms with van der Waals surface area (Å²) >= 11 is 1.50. The molecule has 0 bridgehead atoms. The molecule has 1 fully saturated rings. The molecule has 4 rings (SSSR count). The molecule has 3 aromatic rings. The lowest BCUT2D eigenvalue weighted by Crippen LogP contribution is -2.21. The van der Waals surface area contributed by atoms with Crippen LogP contribution in [0.2, 0.25) is 0 Å². The number of ketones is 1. The number of benzene rings is 2. The summed E-state index contributed by atoms with van der Waals surface area (Å²) in [5, 5.41) is 9.56. The third kappa shape index (κ3) is 4.00. The van der Waals surface area contributed by atoms with Gasteiger partial charge in [0.25, 0.3) is 0 Å². The highest BCUT2D eigenvalue weighted by molar-refractivity contribution is 8.00. The second-order valence-electron chi connectivity index (χ2n) is 6.86. The summed E-state index contributed by atoms with van der Waals surface area (Å²) in [7, 11) is 3.29. The number of carbonyl (C=O) groups excluding carboxylic acids is 1. The molecule has 1 saturated carbocycles. The fourth-order valence-corrected chi connectivity index (χ4v) is 4.69. The Labute approximate surface area is 174 Å². The molecule has 6 nitrogen and oxygen atoms in total. The van der Waals surface area contributed by atoms with Gasteiger partial charge in [0, 0.05) is 6.42 Å². The average molecular weight is 410 g/mol. The molecule has 0 amide bonds. The van der Waals surface area contributed by atoms with Crippen LogP contribution in [-0.4, -0.2) is 40.0 Å². The van der Waals surface area contributed by atoms with E-state index in [0.29, 0.717) is 23.2 Å². The fraction of sp³-hybridized carbons (Fsp3) is 0.318. The van der Waals surface area contributed by atoms with E-state index in [1.807, 2.05) is 53.1 Å². The van der Waals surface area contributed by atoms with E-state index in [1.165, 1.54) is 11.8 Å². The molecule has 0 saturated heterocycles. The van der Waals surface area contributed by atoms with E-state index >= 15 is 0 Å². The summed E-state index contributed by atoms with van der Waals surface area (Å²) in [6, 6.07) is 15.5. The monoisotopic (exact) mass is 409 g/mol. The van der Waals surface area contributed by atoms with Crippen LogP contribution in [0.5, 0.6) is 11.5 Å². The number of para-hydroxylation sites is 1. The highest BCUT2D eigenvalue weighted by atomic mass is 32.2. The fourth-order valence-electron chi connectivity index (χ4n) is 3.52. The van der Waals surface area contributed by atoms with Gasteiger partial charge in [-0.25, -0.2) is 0 Å². The standard InChI is InChI=1S/C22H23N3O3S/c1-27-16-13-11-15(12-14-16)25-21(17-7-3-5-9-19(17)28-2)23-24-22(25)29-20-10-6-4-8-18(20)26/h3,5,7,9,11-14,20H,4,6,8,10H2,1-2H3/t20-/m0/s1. The van der Waals surface area contributed by atoms with Crippen LogP contribution in [0.3, 0.4) is 0 Å². The van der Waals surface area contributed by atoms with Gasteiger partial charge in [0.15, 0.2) is 11.0 Å². The Morgan fingerprint density at radius 3 is 2.52 bits per heavy atom. The minimum absolute atomic E-state index is 0.0736. The summed E-state index contributed by atoms with van der Waals surface area (Å²) in [6.45, 7) is 0. The van der Waals surface area contributed by atoms with Crippen molar-refractivity contribution in [2.24, 2.45) is 0 Å². The number of hydrogen-bond acceptors (Lipinski definition) is 6. The molecule has 1 aromatic heterocycles. The third-order valence-corrected chi connectivity index (χ3v) is 6.32. The SMILES string of the molecule is COc1ccc(-n2c(S[C@H]3CCCCC3=O)nnc2-c2ccccc2OC)cc1. The van der Waals surface area contributed by atoms with Crippen molar-refractivity contribution < 1.29 is 14.3 Å². The molecule has 29 heavy (non-hydrogen) atoms. The number of hydrogen-bond donors (Lipinski definition) is 0. The lowest BCUT2D eigenvalue weighted by molar-refractivity contribution is -0.119. The molecule has 150 valence electrons. The molecule has 1 aliphatic rings. The third-order valence-electron chi connectivity index (χ3n) is 5.06. The minimum atomic E-state index is -0.0736. The average Bonchev–Trinajstić information content (AvgIpc) is 3.18. The van der Waals surface area contributed by atoms with Crippen molar-refractivity contribution in [3.63, 3.8) is 0 Å². The first kappa shape index (κ1) is 19.5. The Balaban J connectivity index is 1.81. The first-order valence-corrected chi connectivity index (χ1v) is 10.5. The van der Waals surface area contributed by atoms with Gasteiger partial charge in [-0.15, -0.1) is 10.2 Å². The predicted octanol–water partition coefficient (Wildman–Crippen LogP) is 4.56. The summed E-state index contributed by atoms with van der Waals surface area (Å²) in [6.07, 6.45) is 3.57. The molecule has 1 heterocycles. The van der Waals surface area contributed by atoms with Crippen molar-refractivity contribution in [2.75, 3.05) is 14.2 Å². The van der Waals surface area contributed by atoms with Crippen molar-refractivity contribution in [2.45, 2.75) is 36.1 Å². The normalized spacial score (nSPS) is 16.6. The van der Waals surface area contributed by atoms with E-state index in [2.05, 4.69) is 10.2 Å². The molecule has 1 atom stereocenters. The highest BCUT2D eigenvalue weighted by Gasteiger charge is 2.27. The van der Waals surface area contributed by atoms with Crippen molar-refractivity contribution in [1.82, 2.24) is 14.8 Å². The Morgan fingerprint density at radius 2 is 1.79 bits per heavy atom. The number of nitrogens with zero attached hydrogens (tertiary/aromatic N) is 3. The summed E-state index contributed by atoms with van der Waals surface area (Å²) < 4.78 is 12.8. The van der Waals surface area contributed by atoms with E-state index in [-0.39, 0.29) is 5.25 Å². The molecular weight excluding hydrogens is 386 g/mol. The van der Waals surface area contributed by atoms with Gasteiger partial charge in [-0.2, -0.15) is 0 Å². The maximum Gasteiger partial charge on any atom is 0.196 e. The van der Waals surface area contributed by atoms with Crippen LogP contribution in [0.1, 0.15) is 25.7 Å². The molecule has 0 aliphatic heterocycles. The van der Waals surface area contributed by atoms with E-state index < -0.39 is 0 Å². The van der Waals surface area contributed by atoms with Gasteiger partial charge in [0.1, 0.15) is 17.3 Å². The molecule has 0 spiro atoms. The highest BCUT2D eigenvalue weighted by Crippen LogP contribution is 2.37. The van der Waals surface area contributed by atoms with Crippen molar-refractivity contribution in [3.05, 3.63) is 48.5 Å². The van der Waals surface area contributed by atoms with Crippen molar-refractivity contribution in [3.8, 4) is 28.6 Å². The van der Waals surface area contributed by atoms with Crippen LogP contribution in [0.15, 0.2) is 53.7 Å². The molecule has 1 aliphatic carbocycles. The number of Topliss-reactive ketones (excluding diaryl/α,β-unsaturated/α-hetero) is 1. The number of carbonyl (C=O) groups is 1. The smallest absolute Gasteiger partial charge is 0.196 e. The predicted molar refractivity (Wildman–Crippen MR) is 113 cm³/mol. The zero-order valence-corrected chi connectivity index (χ0v) is 17.3. The molecular formula is C22H23N3O3S. The molecule has 2 aromatic carbocycles. The Bertz CT molecular complexity index is 1000. The van der Waals surface area contributed by atoms with Gasteiger partial charge in [-0.3, -0.25) is 9.36 Å². The van der Waals surface area contributed by atoms with Crippen molar-refractivity contribution in [1.29, 1.82) is 0 Å². The zero-order chi connectivity index (χ0) is 20.2. The lowest BCUT2D eigenvalue weighted by Gasteiger charge is -2.20. The summed E-state index contributed by atoms with van der Waals surface area (Å²) in [5.74, 6) is 2.47. The van der Waals surface area contributed by atoms with Crippen LogP contribution in [0.25, 0.3) is 17.1 Å². The van der Waals surface area contributed by atoms with Gasteiger partial charge < -0.3 is 9.47 Å². The Hall–Kier alpha value is -2.80.